The summed E-state index contributed by atoms with van der Waals surface area (Å²) in [7, 11) is 0. The first-order chi connectivity index (χ1) is 12.8. The van der Waals surface area contributed by atoms with Crippen LogP contribution in [0.3, 0.4) is 0 Å². The summed E-state index contributed by atoms with van der Waals surface area (Å²) in [6, 6.07) is 13.0. The lowest BCUT2D eigenvalue weighted by molar-refractivity contribution is 0.102. The number of nitrogens with zero attached hydrogens (tertiary/aromatic N) is 1. The maximum absolute atomic E-state index is 12.7. The van der Waals surface area contributed by atoms with Gasteiger partial charge in [0.2, 0.25) is 0 Å². The molecule has 1 heterocycles. The van der Waals surface area contributed by atoms with Gasteiger partial charge >= 0.3 is 0 Å². The smallest absolute Gasteiger partial charge is 0.263 e. The molecule has 0 aliphatic heterocycles. The molecule has 0 atom stereocenters. The minimum absolute atomic E-state index is 0.101. The highest BCUT2D eigenvalue weighted by atomic mass is 35.5. The van der Waals surface area contributed by atoms with Crippen LogP contribution in [-0.4, -0.2) is 10.5 Å². The molecule has 3 aromatic rings. The van der Waals surface area contributed by atoms with Gasteiger partial charge in [-0.2, -0.15) is 0 Å². The van der Waals surface area contributed by atoms with E-state index in [1.165, 1.54) is 22.9 Å². The normalized spacial score (nSPS) is 10.7. The van der Waals surface area contributed by atoms with E-state index < -0.39 is 11.5 Å². The van der Waals surface area contributed by atoms with Gasteiger partial charge in [-0.05, 0) is 42.0 Å². The third kappa shape index (κ3) is 4.85. The number of halogens is 4. The van der Waals surface area contributed by atoms with Crippen molar-refractivity contribution in [3.63, 3.8) is 0 Å². The number of rotatable bonds is 4. The van der Waals surface area contributed by atoms with E-state index in [1.807, 2.05) is 6.07 Å². The van der Waals surface area contributed by atoms with Crippen molar-refractivity contribution in [3.05, 3.63) is 96.3 Å². The molecule has 27 heavy (non-hydrogen) atoms. The van der Waals surface area contributed by atoms with E-state index in [-0.39, 0.29) is 22.2 Å². The highest BCUT2D eigenvalue weighted by Crippen LogP contribution is 2.25. The van der Waals surface area contributed by atoms with Gasteiger partial charge in [-0.1, -0.05) is 58.5 Å². The van der Waals surface area contributed by atoms with Crippen LogP contribution in [0.2, 0.25) is 20.1 Å². The highest BCUT2D eigenvalue weighted by Gasteiger charge is 2.16. The van der Waals surface area contributed by atoms with Gasteiger partial charge in [0.15, 0.2) is 0 Å². The largest absolute Gasteiger partial charge is 0.320 e. The number of carbonyl (C=O) groups excluding carboxylic acids is 1. The first-order valence-corrected chi connectivity index (χ1v) is 9.25. The van der Waals surface area contributed by atoms with E-state index >= 15 is 0 Å². The number of benzene rings is 2. The molecule has 0 aliphatic rings. The van der Waals surface area contributed by atoms with E-state index in [9.17, 15) is 9.59 Å². The number of hydrogen-bond acceptors (Lipinski definition) is 2. The fourth-order valence-corrected chi connectivity index (χ4v) is 3.39. The predicted molar refractivity (Wildman–Crippen MR) is 111 cm³/mol. The standard InChI is InChI=1S/C19H12Cl4N2O2/c20-12-3-1-2-11(6-12)9-25-10-14(22)7-15(19(25)27)18(26)24-17-5-4-13(21)8-16(17)23/h1-8,10H,9H2,(H,24,26). The van der Waals surface area contributed by atoms with Gasteiger partial charge in [0.1, 0.15) is 5.56 Å². The minimum Gasteiger partial charge on any atom is -0.320 e. The molecule has 0 radical (unpaired) electrons. The Balaban J connectivity index is 1.92. The molecule has 0 aliphatic carbocycles. The van der Waals surface area contributed by atoms with Crippen molar-refractivity contribution in [2.24, 2.45) is 0 Å². The van der Waals surface area contributed by atoms with Gasteiger partial charge < -0.3 is 9.88 Å². The summed E-state index contributed by atoms with van der Waals surface area (Å²) in [5.41, 5.74) is 0.559. The summed E-state index contributed by atoms with van der Waals surface area (Å²) in [5.74, 6) is -0.619. The molecule has 0 fully saturated rings. The third-order valence-electron chi connectivity index (χ3n) is 3.72. The number of nitrogens with one attached hydrogen (secondary N) is 1. The van der Waals surface area contributed by atoms with Crippen LogP contribution >= 0.6 is 46.4 Å². The molecule has 1 amide bonds. The third-order valence-corrected chi connectivity index (χ3v) is 4.71. The molecule has 1 aromatic heterocycles. The molecule has 8 heteroatoms. The van der Waals surface area contributed by atoms with Crippen LogP contribution < -0.4 is 10.9 Å². The first-order valence-electron chi connectivity index (χ1n) is 7.74. The second kappa shape index (κ2) is 8.36. The molecule has 0 bridgehead atoms. The lowest BCUT2D eigenvalue weighted by atomic mass is 10.2. The van der Waals surface area contributed by atoms with Crippen LogP contribution in [0.4, 0.5) is 5.69 Å². The maximum Gasteiger partial charge on any atom is 0.263 e. The molecule has 0 unspecified atom stereocenters. The van der Waals surface area contributed by atoms with Crippen molar-refractivity contribution >= 4 is 58.0 Å². The van der Waals surface area contributed by atoms with E-state index in [4.69, 9.17) is 46.4 Å². The molecule has 1 N–H and O–H groups in total. The highest BCUT2D eigenvalue weighted by molar-refractivity contribution is 6.37. The predicted octanol–water partition coefficient (Wildman–Crippen LogP) is 5.76. The molecule has 0 spiro atoms. The van der Waals surface area contributed by atoms with Crippen molar-refractivity contribution in [2.45, 2.75) is 6.54 Å². The van der Waals surface area contributed by atoms with Crippen molar-refractivity contribution < 1.29 is 4.79 Å². The van der Waals surface area contributed by atoms with Crippen LogP contribution in [0.5, 0.6) is 0 Å². The average Bonchev–Trinajstić information content (AvgIpc) is 2.60. The summed E-state index contributed by atoms with van der Waals surface area (Å²) in [5, 5.41) is 4.10. The average molecular weight is 442 g/mol. The van der Waals surface area contributed by atoms with Crippen molar-refractivity contribution in [1.82, 2.24) is 4.57 Å². The second-order valence-corrected chi connectivity index (χ2v) is 7.43. The molecular weight excluding hydrogens is 430 g/mol. The summed E-state index contributed by atoms with van der Waals surface area (Å²) in [6.07, 6.45) is 1.47. The van der Waals surface area contributed by atoms with E-state index in [1.54, 1.807) is 30.3 Å². The Morgan fingerprint density at radius 1 is 0.926 bits per heavy atom. The minimum atomic E-state index is -0.619. The van der Waals surface area contributed by atoms with E-state index in [0.29, 0.717) is 15.7 Å². The number of amides is 1. The Kier molecular flexibility index (Phi) is 6.12. The van der Waals surface area contributed by atoms with Crippen molar-refractivity contribution in [1.29, 1.82) is 0 Å². The lowest BCUT2D eigenvalue weighted by Gasteiger charge is -2.11. The van der Waals surface area contributed by atoms with Gasteiger partial charge in [0, 0.05) is 16.2 Å². The zero-order valence-corrected chi connectivity index (χ0v) is 16.7. The monoisotopic (exact) mass is 440 g/mol. The number of aromatic nitrogens is 1. The summed E-state index contributed by atoms with van der Waals surface area (Å²) >= 11 is 24.0. The summed E-state index contributed by atoms with van der Waals surface area (Å²) in [6.45, 7) is 0.224. The van der Waals surface area contributed by atoms with Gasteiger partial charge in [0.25, 0.3) is 11.5 Å². The zero-order valence-electron chi connectivity index (χ0n) is 13.7. The van der Waals surface area contributed by atoms with Crippen LogP contribution in [0.1, 0.15) is 15.9 Å². The Morgan fingerprint density at radius 3 is 2.37 bits per heavy atom. The number of carbonyl (C=O) groups is 1. The SMILES string of the molecule is O=C(Nc1ccc(Cl)cc1Cl)c1cc(Cl)cn(Cc2cccc(Cl)c2)c1=O. The molecule has 0 saturated carbocycles. The molecule has 0 saturated heterocycles. The van der Waals surface area contributed by atoms with E-state index in [0.717, 1.165) is 5.56 Å². The Hall–Kier alpha value is -1.98. The van der Waals surface area contributed by atoms with Crippen LogP contribution in [0, 0.1) is 0 Å². The Morgan fingerprint density at radius 2 is 1.67 bits per heavy atom. The Bertz CT molecular complexity index is 1080. The maximum atomic E-state index is 12.7. The fourth-order valence-electron chi connectivity index (χ4n) is 2.49. The van der Waals surface area contributed by atoms with Crippen molar-refractivity contribution in [2.75, 3.05) is 5.32 Å². The molecular formula is C19H12Cl4N2O2. The summed E-state index contributed by atoms with van der Waals surface area (Å²) in [4.78, 5) is 25.3. The summed E-state index contributed by atoms with van der Waals surface area (Å²) < 4.78 is 1.35. The van der Waals surface area contributed by atoms with Crippen LogP contribution in [-0.2, 0) is 6.54 Å². The zero-order chi connectivity index (χ0) is 19.6. The van der Waals surface area contributed by atoms with E-state index in [2.05, 4.69) is 5.32 Å². The van der Waals surface area contributed by atoms with Crippen molar-refractivity contribution in [3.8, 4) is 0 Å². The molecule has 3 rings (SSSR count). The Labute approximate surface area is 175 Å². The molecule has 2 aromatic carbocycles. The van der Waals surface area contributed by atoms with Gasteiger partial charge in [-0.25, -0.2) is 0 Å². The second-order valence-electron chi connectivity index (χ2n) is 5.71. The van der Waals surface area contributed by atoms with Gasteiger partial charge in [0.05, 0.1) is 22.3 Å². The fraction of sp³-hybridized carbons (Fsp3) is 0.0526. The van der Waals surface area contributed by atoms with Crippen LogP contribution in [0.15, 0.2) is 59.5 Å². The molecule has 4 nitrogen and oxygen atoms in total. The van der Waals surface area contributed by atoms with Crippen LogP contribution in [0.25, 0.3) is 0 Å². The number of anilines is 1. The lowest BCUT2D eigenvalue weighted by Crippen LogP contribution is -2.29. The quantitative estimate of drug-likeness (QED) is 0.559. The van der Waals surface area contributed by atoms with Gasteiger partial charge in [-0.15, -0.1) is 0 Å². The topological polar surface area (TPSA) is 51.1 Å². The number of hydrogen-bond donors (Lipinski definition) is 1. The first kappa shape index (κ1) is 19.8. The number of pyridine rings is 1. The molecule has 138 valence electrons. The van der Waals surface area contributed by atoms with Gasteiger partial charge in [-0.3, -0.25) is 9.59 Å².